The van der Waals surface area contributed by atoms with Gasteiger partial charge in [-0.05, 0) is 38.0 Å². The van der Waals surface area contributed by atoms with E-state index in [1.54, 1.807) is 19.1 Å². The summed E-state index contributed by atoms with van der Waals surface area (Å²) in [7, 11) is 0. The second kappa shape index (κ2) is 7.25. The highest BCUT2D eigenvalue weighted by Crippen LogP contribution is 2.22. The molecule has 2 aromatic rings. The van der Waals surface area contributed by atoms with E-state index in [-0.39, 0.29) is 23.8 Å². The minimum atomic E-state index is -0.686. The number of carbonyl (C=O) groups excluding carboxylic acids is 1. The summed E-state index contributed by atoms with van der Waals surface area (Å²) in [6, 6.07) is 5.61. The highest BCUT2D eigenvalue weighted by molar-refractivity contribution is 9.10. The molecule has 1 saturated carbocycles. The summed E-state index contributed by atoms with van der Waals surface area (Å²) in [6.45, 7) is 1.76. The summed E-state index contributed by atoms with van der Waals surface area (Å²) in [5.41, 5.74) is 0.363. The molecule has 1 fully saturated rings. The van der Waals surface area contributed by atoms with Gasteiger partial charge in [0.1, 0.15) is 0 Å². The van der Waals surface area contributed by atoms with E-state index in [4.69, 9.17) is 0 Å². The number of thioether (sulfide) groups is 1. The summed E-state index contributed by atoms with van der Waals surface area (Å²) in [5, 5.41) is 13.5. The van der Waals surface area contributed by atoms with Crippen LogP contribution in [0.3, 0.4) is 0 Å². The predicted octanol–water partition coefficient (Wildman–Crippen LogP) is 1.91. The maximum absolute atomic E-state index is 12.7. The zero-order valence-electron chi connectivity index (χ0n) is 13.2. The lowest BCUT2D eigenvalue weighted by atomic mass is 10.2. The Morgan fingerprint density at radius 2 is 2.29 bits per heavy atom. The van der Waals surface area contributed by atoms with Crippen LogP contribution < -0.4 is 10.9 Å². The molecule has 1 aliphatic rings. The SMILES string of the molecule is CC(O)Cn1c(SCC(=O)NC2CC2)nc2ccc(Br)cc2c1=O. The summed E-state index contributed by atoms with van der Waals surface area (Å²) in [4.78, 5) is 29.1. The number of carbonyl (C=O) groups is 1. The largest absolute Gasteiger partial charge is 0.392 e. The van der Waals surface area contributed by atoms with E-state index in [0.717, 1.165) is 17.3 Å². The van der Waals surface area contributed by atoms with Crippen molar-refractivity contribution in [1.29, 1.82) is 0 Å². The molecule has 1 amide bonds. The summed E-state index contributed by atoms with van der Waals surface area (Å²) in [6.07, 6.45) is 1.38. The van der Waals surface area contributed by atoms with Crippen LogP contribution in [-0.4, -0.2) is 38.5 Å². The van der Waals surface area contributed by atoms with Gasteiger partial charge >= 0.3 is 0 Å². The van der Waals surface area contributed by atoms with Crippen LogP contribution in [0.2, 0.25) is 0 Å². The van der Waals surface area contributed by atoms with Gasteiger partial charge in [0.05, 0.1) is 29.3 Å². The third-order valence-corrected chi connectivity index (χ3v) is 5.07. The van der Waals surface area contributed by atoms with Crippen LogP contribution in [0.5, 0.6) is 0 Å². The number of aliphatic hydroxyl groups excluding tert-OH is 1. The number of benzene rings is 1. The van der Waals surface area contributed by atoms with Gasteiger partial charge in [0, 0.05) is 10.5 Å². The van der Waals surface area contributed by atoms with E-state index >= 15 is 0 Å². The topological polar surface area (TPSA) is 84.2 Å². The lowest BCUT2D eigenvalue weighted by Crippen LogP contribution is -2.30. The van der Waals surface area contributed by atoms with E-state index in [0.29, 0.717) is 22.1 Å². The molecule has 1 unspecified atom stereocenters. The first-order valence-electron chi connectivity index (χ1n) is 7.74. The van der Waals surface area contributed by atoms with Gasteiger partial charge in [0.2, 0.25) is 5.91 Å². The van der Waals surface area contributed by atoms with E-state index in [9.17, 15) is 14.7 Å². The monoisotopic (exact) mass is 411 g/mol. The lowest BCUT2D eigenvalue weighted by molar-refractivity contribution is -0.118. The standard InChI is InChI=1S/C16H18BrN3O3S/c1-9(21)7-20-15(23)12-6-10(17)2-5-13(12)19-16(20)24-8-14(22)18-11-3-4-11/h2,5-6,9,11,21H,3-4,7-8H2,1H3,(H,18,22). The molecule has 3 rings (SSSR count). The number of nitrogens with zero attached hydrogens (tertiary/aromatic N) is 2. The molecule has 1 heterocycles. The molecule has 128 valence electrons. The number of halogens is 1. The first-order valence-corrected chi connectivity index (χ1v) is 9.52. The summed E-state index contributed by atoms with van der Waals surface area (Å²) < 4.78 is 2.23. The van der Waals surface area contributed by atoms with E-state index in [2.05, 4.69) is 26.2 Å². The van der Waals surface area contributed by atoms with Crippen molar-refractivity contribution in [2.24, 2.45) is 0 Å². The fourth-order valence-electron chi connectivity index (χ4n) is 2.34. The molecular weight excluding hydrogens is 394 g/mol. The molecule has 0 aliphatic heterocycles. The van der Waals surface area contributed by atoms with Crippen molar-refractivity contribution in [1.82, 2.24) is 14.9 Å². The van der Waals surface area contributed by atoms with Crippen LogP contribution in [0.25, 0.3) is 10.9 Å². The Morgan fingerprint density at radius 3 is 2.96 bits per heavy atom. The van der Waals surface area contributed by atoms with Gasteiger partial charge in [-0.2, -0.15) is 0 Å². The molecule has 1 aliphatic carbocycles. The van der Waals surface area contributed by atoms with Crippen LogP contribution >= 0.6 is 27.7 Å². The van der Waals surface area contributed by atoms with Gasteiger partial charge in [-0.3, -0.25) is 14.2 Å². The van der Waals surface area contributed by atoms with E-state index in [1.165, 1.54) is 16.3 Å². The summed E-state index contributed by atoms with van der Waals surface area (Å²) in [5.74, 6) is 0.140. The van der Waals surface area contributed by atoms with Gasteiger partial charge in [0.15, 0.2) is 5.16 Å². The molecule has 1 aromatic carbocycles. The number of aromatic nitrogens is 2. The molecule has 1 atom stereocenters. The molecule has 0 bridgehead atoms. The van der Waals surface area contributed by atoms with Gasteiger partial charge in [-0.15, -0.1) is 0 Å². The first kappa shape index (κ1) is 17.4. The van der Waals surface area contributed by atoms with Crippen molar-refractivity contribution in [3.8, 4) is 0 Å². The third kappa shape index (κ3) is 4.17. The van der Waals surface area contributed by atoms with E-state index in [1.807, 2.05) is 6.07 Å². The van der Waals surface area contributed by atoms with Crippen molar-refractivity contribution in [2.45, 2.75) is 43.6 Å². The van der Waals surface area contributed by atoms with Crippen molar-refractivity contribution >= 4 is 44.5 Å². The Hall–Kier alpha value is -1.38. The molecule has 1 aromatic heterocycles. The highest BCUT2D eigenvalue weighted by atomic mass is 79.9. The quantitative estimate of drug-likeness (QED) is 0.560. The van der Waals surface area contributed by atoms with Crippen LogP contribution in [-0.2, 0) is 11.3 Å². The van der Waals surface area contributed by atoms with Crippen molar-refractivity contribution in [3.05, 3.63) is 33.0 Å². The molecule has 8 heteroatoms. The molecule has 6 nitrogen and oxygen atoms in total. The van der Waals surface area contributed by atoms with Crippen LogP contribution in [0.4, 0.5) is 0 Å². The zero-order valence-corrected chi connectivity index (χ0v) is 15.6. The van der Waals surface area contributed by atoms with Crippen LogP contribution in [0.1, 0.15) is 19.8 Å². The number of hydrogen-bond acceptors (Lipinski definition) is 5. The van der Waals surface area contributed by atoms with E-state index < -0.39 is 6.10 Å². The van der Waals surface area contributed by atoms with Gasteiger partial charge < -0.3 is 10.4 Å². The molecule has 24 heavy (non-hydrogen) atoms. The molecule has 2 N–H and O–H groups in total. The Morgan fingerprint density at radius 1 is 1.54 bits per heavy atom. The van der Waals surface area contributed by atoms with Gasteiger partial charge in [0.25, 0.3) is 5.56 Å². The fourth-order valence-corrected chi connectivity index (χ4v) is 3.52. The smallest absolute Gasteiger partial charge is 0.262 e. The second-order valence-corrected chi connectivity index (χ2v) is 7.81. The molecule has 0 saturated heterocycles. The van der Waals surface area contributed by atoms with Crippen molar-refractivity contribution in [2.75, 3.05) is 5.75 Å². The average Bonchev–Trinajstić information content (AvgIpc) is 3.32. The van der Waals surface area contributed by atoms with Crippen molar-refractivity contribution in [3.63, 3.8) is 0 Å². The second-order valence-electron chi connectivity index (χ2n) is 5.95. The minimum absolute atomic E-state index is 0.0590. The molecule has 0 radical (unpaired) electrons. The maximum Gasteiger partial charge on any atom is 0.262 e. The van der Waals surface area contributed by atoms with Crippen molar-refractivity contribution < 1.29 is 9.90 Å². The normalized spacial score (nSPS) is 15.5. The number of nitrogens with one attached hydrogen (secondary N) is 1. The van der Waals surface area contributed by atoms with Crippen LogP contribution in [0, 0.1) is 0 Å². The number of fused-ring (bicyclic) bond motifs is 1. The van der Waals surface area contributed by atoms with Crippen LogP contribution in [0.15, 0.2) is 32.6 Å². The Labute approximate surface area is 151 Å². The molecular formula is C16H18BrN3O3S. The Kier molecular flexibility index (Phi) is 5.27. The predicted molar refractivity (Wildman–Crippen MR) is 97.3 cm³/mol. The lowest BCUT2D eigenvalue weighted by Gasteiger charge is -2.14. The fraction of sp³-hybridized carbons (Fsp3) is 0.438. The Balaban J connectivity index is 1.92. The maximum atomic E-state index is 12.7. The first-order chi connectivity index (χ1) is 11.4. The number of hydrogen-bond donors (Lipinski definition) is 2. The average molecular weight is 412 g/mol. The highest BCUT2D eigenvalue weighted by Gasteiger charge is 2.23. The van der Waals surface area contributed by atoms with Gasteiger partial charge in [-0.1, -0.05) is 27.7 Å². The molecule has 0 spiro atoms. The number of rotatable bonds is 6. The summed E-state index contributed by atoms with van der Waals surface area (Å²) >= 11 is 4.57. The number of amides is 1. The minimum Gasteiger partial charge on any atom is -0.392 e. The Bertz CT molecular complexity index is 833. The number of aliphatic hydroxyl groups is 1. The zero-order chi connectivity index (χ0) is 17.3. The van der Waals surface area contributed by atoms with Gasteiger partial charge in [-0.25, -0.2) is 4.98 Å². The third-order valence-electron chi connectivity index (χ3n) is 3.60.